The maximum Gasteiger partial charge on any atom is 0.135 e. The van der Waals surface area contributed by atoms with Crippen LogP contribution >= 0.6 is 15.9 Å². The summed E-state index contributed by atoms with van der Waals surface area (Å²) in [4.78, 5) is 0. The first-order chi connectivity index (χ1) is 9.74. The fraction of sp³-hybridized carbons (Fsp3) is 0.294. The van der Waals surface area contributed by atoms with E-state index in [1.54, 1.807) is 0 Å². The molecule has 0 radical (unpaired) electrons. The molecule has 0 spiro atoms. The maximum absolute atomic E-state index is 5.99. The minimum absolute atomic E-state index is 0.480. The fourth-order valence-electron chi connectivity index (χ4n) is 2.85. The average molecular weight is 332 g/mol. The Bertz CT molecular complexity index is 612. The van der Waals surface area contributed by atoms with Gasteiger partial charge in [0.15, 0.2) is 0 Å². The highest BCUT2D eigenvalue weighted by Gasteiger charge is 2.20. The Kier molecular flexibility index (Phi) is 3.97. The quantitative estimate of drug-likeness (QED) is 0.838. The van der Waals surface area contributed by atoms with Gasteiger partial charge in [-0.05, 0) is 58.5 Å². The Hall–Kier alpha value is -1.48. The lowest BCUT2D eigenvalue weighted by molar-refractivity contribution is 0.273. The predicted octanol–water partition coefficient (Wildman–Crippen LogP) is 4.53. The summed E-state index contributed by atoms with van der Waals surface area (Å²) in [6.45, 7) is 0.707. The van der Waals surface area contributed by atoms with Crippen LogP contribution in [0.5, 0.6) is 5.75 Å². The van der Waals surface area contributed by atoms with Crippen molar-refractivity contribution in [3.8, 4) is 5.75 Å². The molecule has 0 fully saturated rings. The van der Waals surface area contributed by atoms with E-state index >= 15 is 0 Å². The highest BCUT2D eigenvalue weighted by atomic mass is 79.9. The predicted molar refractivity (Wildman–Crippen MR) is 86.2 cm³/mol. The summed E-state index contributed by atoms with van der Waals surface area (Å²) >= 11 is 3.51. The summed E-state index contributed by atoms with van der Waals surface area (Å²) in [5.41, 5.74) is 9.46. The molecule has 0 saturated heterocycles. The van der Waals surface area contributed by atoms with E-state index in [2.05, 4.69) is 40.2 Å². The molecule has 0 bridgehead atoms. The number of hydrogen-bond acceptors (Lipinski definition) is 2. The third-order valence-corrected chi connectivity index (χ3v) is 4.54. The van der Waals surface area contributed by atoms with Crippen LogP contribution in [0.15, 0.2) is 46.9 Å². The second-order valence-corrected chi connectivity index (χ2v) is 6.14. The molecule has 1 unspecified atom stereocenters. The molecular weight excluding hydrogens is 314 g/mol. The summed E-state index contributed by atoms with van der Waals surface area (Å²) in [6.07, 6.45) is 3.62. The zero-order valence-corrected chi connectivity index (χ0v) is 12.9. The van der Waals surface area contributed by atoms with Gasteiger partial charge in [0.25, 0.3) is 0 Å². The third kappa shape index (κ3) is 2.83. The van der Waals surface area contributed by atoms with Gasteiger partial charge in [0.2, 0.25) is 0 Å². The van der Waals surface area contributed by atoms with Gasteiger partial charge in [0.1, 0.15) is 5.75 Å². The van der Waals surface area contributed by atoms with E-state index in [4.69, 9.17) is 10.5 Å². The lowest BCUT2D eigenvalue weighted by atomic mass is 9.83. The number of benzene rings is 2. The Morgan fingerprint density at radius 3 is 2.95 bits per heavy atom. The Morgan fingerprint density at radius 2 is 2.05 bits per heavy atom. The van der Waals surface area contributed by atoms with Crippen molar-refractivity contribution in [2.45, 2.75) is 25.2 Å². The Labute approximate surface area is 128 Å². The molecule has 1 atom stereocenters. The van der Waals surface area contributed by atoms with Crippen LogP contribution in [-0.4, -0.2) is 6.61 Å². The van der Waals surface area contributed by atoms with Crippen LogP contribution in [0.1, 0.15) is 29.9 Å². The standard InChI is InChI=1S/C17H18BrNO/c18-16-9-8-14(19)10-17(16)20-11-13-6-3-5-12-4-1-2-7-15(12)13/h1-2,4,7-10,13H,3,5-6,11,19H2. The Balaban J connectivity index is 1.75. The van der Waals surface area contributed by atoms with Crippen LogP contribution in [0, 0.1) is 0 Å². The van der Waals surface area contributed by atoms with Gasteiger partial charge in [-0.15, -0.1) is 0 Å². The smallest absolute Gasteiger partial charge is 0.135 e. The van der Waals surface area contributed by atoms with Crippen LogP contribution in [0.25, 0.3) is 0 Å². The van der Waals surface area contributed by atoms with Crippen LogP contribution in [-0.2, 0) is 6.42 Å². The summed E-state index contributed by atoms with van der Waals surface area (Å²) in [7, 11) is 0. The van der Waals surface area contributed by atoms with E-state index < -0.39 is 0 Å². The molecule has 0 heterocycles. The molecule has 2 aromatic rings. The number of aryl methyl sites for hydroxylation is 1. The summed E-state index contributed by atoms with van der Waals surface area (Å²) < 4.78 is 6.94. The van der Waals surface area contributed by atoms with Gasteiger partial charge in [-0.25, -0.2) is 0 Å². The molecule has 1 aliphatic carbocycles. The molecular formula is C17H18BrNO. The van der Waals surface area contributed by atoms with Crippen molar-refractivity contribution in [3.63, 3.8) is 0 Å². The van der Waals surface area contributed by atoms with E-state index in [9.17, 15) is 0 Å². The van der Waals surface area contributed by atoms with Gasteiger partial charge < -0.3 is 10.5 Å². The average Bonchev–Trinajstić information content (AvgIpc) is 2.48. The highest BCUT2D eigenvalue weighted by molar-refractivity contribution is 9.10. The number of nitrogen functional groups attached to an aromatic ring is 1. The first kappa shape index (κ1) is 13.5. The van der Waals surface area contributed by atoms with Crippen molar-refractivity contribution >= 4 is 21.6 Å². The molecule has 2 N–H and O–H groups in total. The van der Waals surface area contributed by atoms with Crippen molar-refractivity contribution in [1.82, 2.24) is 0 Å². The maximum atomic E-state index is 5.99. The number of nitrogens with two attached hydrogens (primary N) is 1. The van der Waals surface area contributed by atoms with Crippen molar-refractivity contribution in [2.75, 3.05) is 12.3 Å². The SMILES string of the molecule is Nc1ccc(Br)c(OCC2CCCc3ccccc32)c1. The van der Waals surface area contributed by atoms with Crippen LogP contribution in [0.2, 0.25) is 0 Å². The summed E-state index contributed by atoms with van der Waals surface area (Å²) in [5.74, 6) is 1.31. The van der Waals surface area contributed by atoms with Crippen LogP contribution in [0.4, 0.5) is 5.69 Å². The number of anilines is 1. The largest absolute Gasteiger partial charge is 0.492 e. The number of hydrogen-bond donors (Lipinski definition) is 1. The minimum Gasteiger partial charge on any atom is -0.492 e. The van der Waals surface area contributed by atoms with E-state index in [0.717, 1.165) is 15.9 Å². The van der Waals surface area contributed by atoms with Gasteiger partial charge >= 0.3 is 0 Å². The zero-order chi connectivity index (χ0) is 13.9. The molecule has 0 aliphatic heterocycles. The molecule has 104 valence electrons. The second kappa shape index (κ2) is 5.88. The number of ether oxygens (including phenoxy) is 1. The van der Waals surface area contributed by atoms with Gasteiger partial charge in [-0.2, -0.15) is 0 Å². The molecule has 0 saturated carbocycles. The second-order valence-electron chi connectivity index (χ2n) is 5.29. The van der Waals surface area contributed by atoms with Crippen LogP contribution in [0.3, 0.4) is 0 Å². The lowest BCUT2D eigenvalue weighted by Gasteiger charge is -2.25. The van der Waals surface area contributed by atoms with Crippen molar-refractivity contribution in [2.24, 2.45) is 0 Å². The molecule has 3 rings (SSSR count). The highest BCUT2D eigenvalue weighted by Crippen LogP contribution is 2.33. The van der Waals surface area contributed by atoms with Gasteiger partial charge in [-0.1, -0.05) is 24.3 Å². The van der Waals surface area contributed by atoms with E-state index in [-0.39, 0.29) is 0 Å². The first-order valence-electron chi connectivity index (χ1n) is 6.99. The van der Waals surface area contributed by atoms with Gasteiger partial charge in [-0.3, -0.25) is 0 Å². The lowest BCUT2D eigenvalue weighted by Crippen LogP contribution is -2.16. The third-order valence-electron chi connectivity index (χ3n) is 3.89. The van der Waals surface area contributed by atoms with Gasteiger partial charge in [0.05, 0.1) is 11.1 Å². The topological polar surface area (TPSA) is 35.2 Å². The number of halogens is 1. The monoisotopic (exact) mass is 331 g/mol. The normalized spacial score (nSPS) is 17.6. The van der Waals surface area contributed by atoms with Gasteiger partial charge in [0, 0.05) is 17.7 Å². The number of rotatable bonds is 3. The molecule has 2 aromatic carbocycles. The molecule has 0 aromatic heterocycles. The van der Waals surface area contributed by atoms with Crippen molar-refractivity contribution in [3.05, 3.63) is 58.1 Å². The Morgan fingerprint density at radius 1 is 1.20 bits per heavy atom. The summed E-state index contributed by atoms with van der Waals surface area (Å²) in [5, 5.41) is 0. The van der Waals surface area contributed by atoms with E-state index in [1.807, 2.05) is 18.2 Å². The molecule has 3 heteroatoms. The molecule has 1 aliphatic rings. The molecule has 2 nitrogen and oxygen atoms in total. The first-order valence-corrected chi connectivity index (χ1v) is 7.79. The number of fused-ring (bicyclic) bond motifs is 1. The van der Waals surface area contributed by atoms with Crippen molar-refractivity contribution < 1.29 is 4.74 Å². The van der Waals surface area contributed by atoms with E-state index in [1.165, 1.54) is 30.4 Å². The van der Waals surface area contributed by atoms with Crippen LogP contribution < -0.4 is 10.5 Å². The zero-order valence-electron chi connectivity index (χ0n) is 11.3. The molecule has 20 heavy (non-hydrogen) atoms. The van der Waals surface area contributed by atoms with E-state index in [0.29, 0.717) is 12.5 Å². The minimum atomic E-state index is 0.480. The molecule has 0 amide bonds. The summed E-state index contributed by atoms with van der Waals surface area (Å²) in [6, 6.07) is 14.4. The van der Waals surface area contributed by atoms with Crippen molar-refractivity contribution in [1.29, 1.82) is 0 Å². The fourth-order valence-corrected chi connectivity index (χ4v) is 3.21.